The Labute approximate surface area is 234 Å². The van der Waals surface area contributed by atoms with Gasteiger partial charge in [0.15, 0.2) is 0 Å². The molecule has 3 aromatic rings. The lowest BCUT2D eigenvalue weighted by Crippen LogP contribution is -2.40. The average Bonchev–Trinajstić information content (AvgIpc) is 3.08. The van der Waals surface area contributed by atoms with Crippen LogP contribution in [-0.4, -0.2) is 49.4 Å². The number of rotatable bonds is 8. The Morgan fingerprint density at radius 1 is 1.10 bits per heavy atom. The molecule has 39 heavy (non-hydrogen) atoms. The fourth-order valence-electron chi connectivity index (χ4n) is 5.80. The summed E-state index contributed by atoms with van der Waals surface area (Å²) < 4.78 is 18.3. The molecule has 1 heterocycles. The summed E-state index contributed by atoms with van der Waals surface area (Å²) in [4.78, 5) is 14.0. The van der Waals surface area contributed by atoms with E-state index in [4.69, 9.17) is 16.3 Å². The quantitative estimate of drug-likeness (QED) is 0.315. The number of benzene rings is 3. The number of hydrogen-bond acceptors (Lipinski definition) is 3. The number of hydrogen-bond donors (Lipinski definition) is 1. The first-order chi connectivity index (χ1) is 18.9. The maximum Gasteiger partial charge on any atom is 0.335 e. The number of allylic oxidation sites excluding steroid dienone is 1. The van der Waals surface area contributed by atoms with E-state index in [1.165, 1.54) is 11.1 Å². The summed E-state index contributed by atoms with van der Waals surface area (Å²) in [5, 5.41) is 10.3. The van der Waals surface area contributed by atoms with Crippen molar-refractivity contribution in [3.8, 4) is 5.75 Å². The van der Waals surface area contributed by atoms with Crippen LogP contribution in [0.1, 0.15) is 63.0 Å². The van der Waals surface area contributed by atoms with Gasteiger partial charge in [0.05, 0.1) is 19.3 Å². The number of likely N-dealkylation sites (tertiary alicyclic amines) is 1. The SMILES string of the molecule is COc1cc(Cl)cc(C)c1C1=C(c2ccc(C=C3CN(CCCF)C3)cc2)c2ccc(C(=O)O)cc2CCC1. The van der Waals surface area contributed by atoms with Gasteiger partial charge in [-0.25, -0.2) is 4.79 Å². The van der Waals surface area contributed by atoms with Crippen molar-refractivity contribution in [3.05, 3.63) is 104 Å². The van der Waals surface area contributed by atoms with Crippen molar-refractivity contribution in [3.63, 3.8) is 0 Å². The number of carboxylic acid groups (broad SMARTS) is 1. The summed E-state index contributed by atoms with van der Waals surface area (Å²) >= 11 is 6.39. The number of carboxylic acids is 1. The number of fused-ring (bicyclic) bond motifs is 1. The molecule has 6 heteroatoms. The van der Waals surface area contributed by atoms with E-state index in [-0.39, 0.29) is 6.67 Å². The first kappa shape index (κ1) is 27.2. The fraction of sp³-hybridized carbons (Fsp3) is 0.303. The zero-order chi connectivity index (χ0) is 27.5. The Balaban J connectivity index is 1.60. The predicted octanol–water partition coefficient (Wildman–Crippen LogP) is 7.71. The first-order valence-electron chi connectivity index (χ1n) is 13.4. The van der Waals surface area contributed by atoms with Crippen molar-refractivity contribution in [1.82, 2.24) is 4.90 Å². The van der Waals surface area contributed by atoms with Crippen molar-refractivity contribution < 1.29 is 19.0 Å². The van der Waals surface area contributed by atoms with E-state index >= 15 is 0 Å². The zero-order valence-corrected chi connectivity index (χ0v) is 23.2. The number of alkyl halides is 1. The number of aromatic carboxylic acids is 1. The molecule has 0 amide bonds. The molecule has 0 radical (unpaired) electrons. The highest BCUT2D eigenvalue weighted by Crippen LogP contribution is 2.44. The largest absolute Gasteiger partial charge is 0.496 e. The van der Waals surface area contributed by atoms with Crippen molar-refractivity contribution in [2.75, 3.05) is 33.4 Å². The summed E-state index contributed by atoms with van der Waals surface area (Å²) in [5.74, 6) is -0.179. The molecule has 0 saturated carbocycles. The molecule has 1 saturated heterocycles. The van der Waals surface area contributed by atoms with Gasteiger partial charge in [0.25, 0.3) is 0 Å². The van der Waals surface area contributed by atoms with E-state index in [0.717, 1.165) is 83.6 Å². The van der Waals surface area contributed by atoms with Crippen LogP contribution in [0.25, 0.3) is 17.2 Å². The molecule has 1 aliphatic heterocycles. The predicted molar refractivity (Wildman–Crippen MR) is 156 cm³/mol. The van der Waals surface area contributed by atoms with Gasteiger partial charge in [0.2, 0.25) is 0 Å². The van der Waals surface area contributed by atoms with Crippen LogP contribution in [0.4, 0.5) is 4.39 Å². The number of methoxy groups -OCH3 is 1. The second-order valence-corrected chi connectivity index (χ2v) is 10.8. The van der Waals surface area contributed by atoms with Gasteiger partial charge in [-0.3, -0.25) is 9.29 Å². The third kappa shape index (κ3) is 5.80. The molecule has 0 bridgehead atoms. The number of aryl methyl sites for hydroxylation is 2. The van der Waals surface area contributed by atoms with E-state index in [0.29, 0.717) is 17.0 Å². The normalized spacial score (nSPS) is 15.4. The van der Waals surface area contributed by atoms with Crippen LogP contribution in [0, 0.1) is 6.92 Å². The summed E-state index contributed by atoms with van der Waals surface area (Å²) in [6, 6.07) is 17.9. The summed E-state index contributed by atoms with van der Waals surface area (Å²) in [6.45, 7) is 4.38. The lowest BCUT2D eigenvalue weighted by atomic mass is 9.85. The molecule has 5 rings (SSSR count). The molecule has 1 aliphatic carbocycles. The van der Waals surface area contributed by atoms with E-state index in [1.54, 1.807) is 13.2 Å². The number of halogens is 2. The zero-order valence-electron chi connectivity index (χ0n) is 22.4. The molecule has 0 unspecified atom stereocenters. The maximum atomic E-state index is 12.5. The minimum Gasteiger partial charge on any atom is -0.496 e. The van der Waals surface area contributed by atoms with Crippen molar-refractivity contribution in [2.45, 2.75) is 32.6 Å². The molecular weight excluding hydrogens is 513 g/mol. The molecule has 0 atom stereocenters. The highest BCUT2D eigenvalue weighted by Gasteiger charge is 2.25. The summed E-state index contributed by atoms with van der Waals surface area (Å²) in [6.07, 6.45) is 5.32. The Kier molecular flexibility index (Phi) is 8.20. The third-order valence-electron chi connectivity index (χ3n) is 7.61. The van der Waals surface area contributed by atoms with Crippen LogP contribution in [0.3, 0.4) is 0 Å². The topological polar surface area (TPSA) is 49.8 Å². The van der Waals surface area contributed by atoms with Crippen molar-refractivity contribution >= 4 is 34.8 Å². The number of carbonyl (C=O) groups is 1. The Bertz CT molecular complexity index is 1450. The fourth-order valence-corrected chi connectivity index (χ4v) is 6.07. The van der Waals surface area contributed by atoms with Crippen LogP contribution >= 0.6 is 11.6 Å². The average molecular weight is 546 g/mol. The smallest absolute Gasteiger partial charge is 0.335 e. The third-order valence-corrected chi connectivity index (χ3v) is 7.83. The molecule has 1 N–H and O–H groups in total. The van der Waals surface area contributed by atoms with E-state index in [1.807, 2.05) is 24.3 Å². The molecule has 3 aromatic carbocycles. The second-order valence-electron chi connectivity index (χ2n) is 10.4. The van der Waals surface area contributed by atoms with Gasteiger partial charge in [-0.2, -0.15) is 0 Å². The summed E-state index contributed by atoms with van der Waals surface area (Å²) in [7, 11) is 1.67. The van der Waals surface area contributed by atoms with Crippen molar-refractivity contribution in [1.29, 1.82) is 0 Å². The van der Waals surface area contributed by atoms with Crippen molar-refractivity contribution in [2.24, 2.45) is 0 Å². The minimum atomic E-state index is -0.917. The summed E-state index contributed by atoms with van der Waals surface area (Å²) in [5.41, 5.74) is 10.3. The van der Waals surface area contributed by atoms with Crippen LogP contribution in [0.2, 0.25) is 5.02 Å². The molecule has 202 valence electrons. The van der Waals surface area contributed by atoms with Gasteiger partial charge in [-0.05, 0) is 101 Å². The van der Waals surface area contributed by atoms with E-state index in [2.05, 4.69) is 42.2 Å². The molecule has 4 nitrogen and oxygen atoms in total. The number of ether oxygens (including phenoxy) is 1. The standard InChI is InChI=1S/C33H33ClFNO3/c1-21-15-27(34)18-30(39-2)31(21)29-6-3-5-25-17-26(33(37)38)11-12-28(25)32(29)24-9-7-22(8-10-24)16-23-19-36(20-23)14-4-13-35/h7-12,15-18H,3-6,13-14,19-20H2,1-2H3,(H,37,38). The lowest BCUT2D eigenvalue weighted by molar-refractivity contribution is 0.0696. The van der Waals surface area contributed by atoms with E-state index in [9.17, 15) is 14.3 Å². The Morgan fingerprint density at radius 3 is 2.56 bits per heavy atom. The molecule has 0 spiro atoms. The second kappa shape index (κ2) is 11.8. The van der Waals surface area contributed by atoms with Gasteiger partial charge in [0.1, 0.15) is 5.75 Å². The Morgan fingerprint density at radius 2 is 1.87 bits per heavy atom. The first-order valence-corrected chi connectivity index (χ1v) is 13.8. The van der Waals surface area contributed by atoms with E-state index < -0.39 is 5.97 Å². The van der Waals surface area contributed by atoms with Gasteiger partial charge in [-0.15, -0.1) is 0 Å². The number of nitrogens with zero attached hydrogens (tertiary/aromatic N) is 1. The van der Waals surface area contributed by atoms with Crippen LogP contribution in [0.15, 0.2) is 60.2 Å². The van der Waals surface area contributed by atoms with Gasteiger partial charge >= 0.3 is 5.97 Å². The van der Waals surface area contributed by atoms with Gasteiger partial charge in [-0.1, -0.05) is 48.0 Å². The van der Waals surface area contributed by atoms with Crippen LogP contribution in [0.5, 0.6) is 5.75 Å². The highest BCUT2D eigenvalue weighted by molar-refractivity contribution is 6.31. The molecule has 0 aromatic heterocycles. The Hall–Kier alpha value is -3.41. The highest BCUT2D eigenvalue weighted by atomic mass is 35.5. The van der Waals surface area contributed by atoms with Crippen LogP contribution < -0.4 is 4.74 Å². The van der Waals surface area contributed by atoms with Gasteiger partial charge < -0.3 is 9.84 Å². The molecule has 1 fully saturated rings. The molecular formula is C33H33ClFNO3. The van der Waals surface area contributed by atoms with Gasteiger partial charge in [0, 0.05) is 30.2 Å². The van der Waals surface area contributed by atoms with Crippen LogP contribution in [-0.2, 0) is 6.42 Å². The monoisotopic (exact) mass is 545 g/mol. The maximum absolute atomic E-state index is 12.5. The minimum absolute atomic E-state index is 0.267. The molecule has 2 aliphatic rings. The lowest BCUT2D eigenvalue weighted by Gasteiger charge is -2.33.